The molecule has 156 valence electrons. The van der Waals surface area contributed by atoms with E-state index in [0.29, 0.717) is 18.5 Å². The minimum absolute atomic E-state index is 0.0408. The smallest absolute Gasteiger partial charge is 0.240 e. The van der Waals surface area contributed by atoms with Crippen molar-refractivity contribution in [2.45, 2.75) is 69.2 Å². The molecule has 0 unspecified atom stereocenters. The number of nitrogens with one attached hydrogen (secondary N) is 2. The number of hydrogen-bond acceptors (Lipinski definition) is 3. The van der Waals surface area contributed by atoms with E-state index in [-0.39, 0.29) is 22.6 Å². The molecule has 0 bridgehead atoms. The predicted molar refractivity (Wildman–Crippen MR) is 107 cm³/mol. The van der Waals surface area contributed by atoms with E-state index >= 15 is 0 Å². The molecule has 2 atom stereocenters. The quantitative estimate of drug-likeness (QED) is 0.752. The summed E-state index contributed by atoms with van der Waals surface area (Å²) >= 11 is 0. The molecule has 5 nitrogen and oxygen atoms in total. The molecule has 2 fully saturated rings. The van der Waals surface area contributed by atoms with Gasteiger partial charge >= 0.3 is 0 Å². The van der Waals surface area contributed by atoms with Crippen LogP contribution in [0.3, 0.4) is 0 Å². The van der Waals surface area contributed by atoms with Gasteiger partial charge in [-0.05, 0) is 74.6 Å². The van der Waals surface area contributed by atoms with E-state index in [1.807, 2.05) is 0 Å². The lowest BCUT2D eigenvalue weighted by Gasteiger charge is -2.33. The molecular weight excluding hydrogens is 379 g/mol. The average Bonchev–Trinajstić information content (AvgIpc) is 2.69. The van der Waals surface area contributed by atoms with Gasteiger partial charge in [0, 0.05) is 18.5 Å². The number of benzene rings is 1. The molecule has 3 rings (SSSR count). The Kier molecular flexibility index (Phi) is 7.10. The highest BCUT2D eigenvalue weighted by Crippen LogP contribution is 2.30. The summed E-state index contributed by atoms with van der Waals surface area (Å²) in [4.78, 5) is 12.7. The van der Waals surface area contributed by atoms with Crippen LogP contribution in [0.4, 0.5) is 4.39 Å². The van der Waals surface area contributed by atoms with Crippen molar-refractivity contribution >= 4 is 15.9 Å². The van der Waals surface area contributed by atoms with Gasteiger partial charge in [0.25, 0.3) is 0 Å². The molecule has 0 spiro atoms. The van der Waals surface area contributed by atoms with Gasteiger partial charge in [0.2, 0.25) is 15.9 Å². The van der Waals surface area contributed by atoms with Crippen molar-refractivity contribution in [2.24, 2.45) is 17.8 Å². The molecule has 0 heterocycles. The third-order valence-electron chi connectivity index (χ3n) is 6.34. The van der Waals surface area contributed by atoms with Gasteiger partial charge < -0.3 is 5.32 Å². The fourth-order valence-corrected chi connectivity index (χ4v) is 5.50. The Morgan fingerprint density at radius 3 is 2.32 bits per heavy atom. The first-order valence-electron chi connectivity index (χ1n) is 10.4. The van der Waals surface area contributed by atoms with Crippen LogP contribution in [0, 0.1) is 23.6 Å². The summed E-state index contributed by atoms with van der Waals surface area (Å²) in [5.74, 6) is 0.532. The summed E-state index contributed by atoms with van der Waals surface area (Å²) in [6, 6.07) is 5.13. The van der Waals surface area contributed by atoms with Crippen LogP contribution in [0.5, 0.6) is 0 Å². The Balaban J connectivity index is 1.43. The summed E-state index contributed by atoms with van der Waals surface area (Å²) in [5.41, 5.74) is 0. The molecule has 2 aliphatic rings. The summed E-state index contributed by atoms with van der Waals surface area (Å²) in [5, 5.41) is 3.25. The Bertz CT molecular complexity index is 758. The second kappa shape index (κ2) is 9.35. The van der Waals surface area contributed by atoms with Gasteiger partial charge in [0.15, 0.2) is 0 Å². The third-order valence-corrected chi connectivity index (χ3v) is 7.78. The lowest BCUT2D eigenvalue weighted by molar-refractivity contribution is -0.127. The van der Waals surface area contributed by atoms with Crippen molar-refractivity contribution in [1.82, 2.24) is 10.0 Å². The molecule has 0 radical (unpaired) electrons. The molecular formula is C21H31FN2O3S. The molecule has 1 aromatic carbocycles. The van der Waals surface area contributed by atoms with E-state index in [4.69, 9.17) is 0 Å². The van der Waals surface area contributed by atoms with Crippen molar-refractivity contribution in [3.8, 4) is 0 Å². The molecule has 7 heteroatoms. The molecule has 2 N–H and O–H groups in total. The van der Waals surface area contributed by atoms with Crippen LogP contribution in [0.25, 0.3) is 0 Å². The van der Waals surface area contributed by atoms with Gasteiger partial charge in [0.05, 0.1) is 4.90 Å². The SMILES string of the molecule is C[C@H]1CCCC[C@@H]1NC(=O)C1CCC(CNS(=O)(=O)c2ccc(F)cc2)CC1. The molecule has 0 aromatic heterocycles. The second-order valence-corrected chi connectivity index (χ2v) is 10.2. The highest BCUT2D eigenvalue weighted by atomic mass is 32.2. The number of carbonyl (C=O) groups excluding carboxylic acids is 1. The van der Waals surface area contributed by atoms with E-state index in [1.165, 1.54) is 31.4 Å². The van der Waals surface area contributed by atoms with Gasteiger partial charge in [-0.15, -0.1) is 0 Å². The summed E-state index contributed by atoms with van der Waals surface area (Å²) in [6.07, 6.45) is 7.99. The first-order valence-corrected chi connectivity index (χ1v) is 11.9. The number of halogens is 1. The zero-order chi connectivity index (χ0) is 20.1. The molecule has 0 aliphatic heterocycles. The van der Waals surface area contributed by atoms with Crippen LogP contribution < -0.4 is 10.0 Å². The minimum Gasteiger partial charge on any atom is -0.353 e. The van der Waals surface area contributed by atoms with Gasteiger partial charge in [-0.2, -0.15) is 0 Å². The fourth-order valence-electron chi connectivity index (χ4n) is 4.38. The monoisotopic (exact) mass is 410 g/mol. The Morgan fingerprint density at radius 1 is 1.04 bits per heavy atom. The van der Waals surface area contributed by atoms with E-state index in [9.17, 15) is 17.6 Å². The Hall–Kier alpha value is -1.47. The van der Waals surface area contributed by atoms with Crippen molar-refractivity contribution in [1.29, 1.82) is 0 Å². The summed E-state index contributed by atoms with van der Waals surface area (Å²) in [7, 11) is -3.63. The maximum Gasteiger partial charge on any atom is 0.240 e. The van der Waals surface area contributed by atoms with E-state index in [1.54, 1.807) is 0 Å². The first-order chi connectivity index (χ1) is 13.3. The normalized spacial score (nSPS) is 28.6. The summed E-state index contributed by atoms with van der Waals surface area (Å²) < 4.78 is 40.2. The maximum absolute atomic E-state index is 13.0. The number of rotatable bonds is 6. The van der Waals surface area contributed by atoms with Crippen LogP contribution in [0.1, 0.15) is 58.3 Å². The highest BCUT2D eigenvalue weighted by Gasteiger charge is 2.30. The molecule has 1 aromatic rings. The number of amides is 1. The van der Waals surface area contributed by atoms with Crippen LogP contribution in [-0.4, -0.2) is 26.9 Å². The third kappa shape index (κ3) is 5.54. The fraction of sp³-hybridized carbons (Fsp3) is 0.667. The molecule has 2 aliphatic carbocycles. The van der Waals surface area contributed by atoms with Crippen molar-refractivity contribution < 1.29 is 17.6 Å². The van der Waals surface area contributed by atoms with Crippen LogP contribution >= 0.6 is 0 Å². The van der Waals surface area contributed by atoms with Crippen molar-refractivity contribution in [3.63, 3.8) is 0 Å². The molecule has 2 saturated carbocycles. The van der Waals surface area contributed by atoms with Gasteiger partial charge in [-0.25, -0.2) is 17.5 Å². The first kappa shape index (κ1) is 21.2. The topological polar surface area (TPSA) is 75.3 Å². The minimum atomic E-state index is -3.63. The number of sulfonamides is 1. The van der Waals surface area contributed by atoms with Crippen LogP contribution in [0.2, 0.25) is 0 Å². The molecule has 0 saturated heterocycles. The zero-order valence-corrected chi connectivity index (χ0v) is 17.3. The predicted octanol–water partition coefficient (Wildman–Crippen LogP) is 3.61. The lowest BCUT2D eigenvalue weighted by Crippen LogP contribution is -2.44. The van der Waals surface area contributed by atoms with Gasteiger partial charge in [-0.3, -0.25) is 4.79 Å². The highest BCUT2D eigenvalue weighted by molar-refractivity contribution is 7.89. The number of hydrogen-bond donors (Lipinski definition) is 2. The molecule has 1 amide bonds. The second-order valence-electron chi connectivity index (χ2n) is 8.40. The van der Waals surface area contributed by atoms with Crippen LogP contribution in [0.15, 0.2) is 29.2 Å². The van der Waals surface area contributed by atoms with E-state index in [0.717, 1.165) is 44.2 Å². The van der Waals surface area contributed by atoms with Gasteiger partial charge in [-0.1, -0.05) is 19.8 Å². The van der Waals surface area contributed by atoms with Crippen molar-refractivity contribution in [2.75, 3.05) is 6.54 Å². The summed E-state index contributed by atoms with van der Waals surface area (Å²) in [6.45, 7) is 2.57. The van der Waals surface area contributed by atoms with E-state index in [2.05, 4.69) is 17.0 Å². The average molecular weight is 411 g/mol. The number of carbonyl (C=O) groups is 1. The van der Waals surface area contributed by atoms with Crippen molar-refractivity contribution in [3.05, 3.63) is 30.1 Å². The van der Waals surface area contributed by atoms with E-state index < -0.39 is 15.8 Å². The largest absolute Gasteiger partial charge is 0.353 e. The van der Waals surface area contributed by atoms with Gasteiger partial charge in [0.1, 0.15) is 5.82 Å². The molecule has 28 heavy (non-hydrogen) atoms. The zero-order valence-electron chi connectivity index (χ0n) is 16.5. The van der Waals surface area contributed by atoms with Crippen LogP contribution in [-0.2, 0) is 14.8 Å². The lowest BCUT2D eigenvalue weighted by atomic mass is 9.80. The Labute approximate surface area is 167 Å². The standard InChI is InChI=1S/C21H31FN2O3S/c1-15-4-2-3-5-20(15)24-21(25)17-8-6-16(7-9-17)14-23-28(26,27)19-12-10-18(22)11-13-19/h10-13,15-17,20,23H,2-9,14H2,1H3,(H,24,25)/t15-,16?,17?,20-/m0/s1. The Morgan fingerprint density at radius 2 is 1.68 bits per heavy atom. The maximum atomic E-state index is 13.0.